The number of nitrogens with one attached hydrogen (secondary N) is 1. The lowest BCUT2D eigenvalue weighted by molar-refractivity contribution is -0.223. The van der Waals surface area contributed by atoms with Crippen LogP contribution < -0.4 is 5.32 Å². The average molecular weight is 211 g/mol. The Morgan fingerprint density at radius 1 is 1.50 bits per heavy atom. The van der Waals surface area contributed by atoms with Crippen molar-refractivity contribution in [2.45, 2.75) is 44.5 Å². The normalized spacial score (nSPS) is 34.5. The van der Waals surface area contributed by atoms with E-state index in [1.807, 2.05) is 0 Å². The topological polar surface area (TPSA) is 21.3 Å². The zero-order chi connectivity index (χ0) is 10.8. The van der Waals surface area contributed by atoms with Crippen LogP contribution >= 0.6 is 0 Å². The molecule has 2 unspecified atom stereocenters. The first-order chi connectivity index (χ1) is 6.41. The third-order valence-electron chi connectivity index (χ3n) is 2.62. The molecule has 84 valence electrons. The SMILES string of the molecule is CCNC1(C(F)(F)F)CCOC(C)C1. The Bertz CT molecular complexity index is 191. The average Bonchev–Trinajstić information content (AvgIpc) is 2.02. The summed E-state index contributed by atoms with van der Waals surface area (Å²) in [6.07, 6.45) is -4.51. The first-order valence-corrected chi connectivity index (χ1v) is 4.84. The fourth-order valence-electron chi connectivity index (χ4n) is 1.94. The lowest BCUT2D eigenvalue weighted by Crippen LogP contribution is -2.60. The van der Waals surface area contributed by atoms with Crippen molar-refractivity contribution in [3.05, 3.63) is 0 Å². The van der Waals surface area contributed by atoms with Crippen LogP contribution in [0.5, 0.6) is 0 Å². The number of ether oxygens (including phenoxy) is 1. The number of alkyl halides is 3. The van der Waals surface area contributed by atoms with Gasteiger partial charge in [-0.25, -0.2) is 0 Å². The van der Waals surface area contributed by atoms with E-state index in [-0.39, 0.29) is 25.6 Å². The van der Waals surface area contributed by atoms with Crippen LogP contribution in [0.2, 0.25) is 0 Å². The van der Waals surface area contributed by atoms with Crippen molar-refractivity contribution in [2.24, 2.45) is 0 Å². The molecule has 5 heteroatoms. The lowest BCUT2D eigenvalue weighted by Gasteiger charge is -2.41. The van der Waals surface area contributed by atoms with Gasteiger partial charge in [0, 0.05) is 13.0 Å². The van der Waals surface area contributed by atoms with Crippen molar-refractivity contribution in [1.29, 1.82) is 0 Å². The maximum Gasteiger partial charge on any atom is 0.406 e. The van der Waals surface area contributed by atoms with Crippen molar-refractivity contribution >= 4 is 0 Å². The van der Waals surface area contributed by atoms with E-state index < -0.39 is 11.7 Å². The molecule has 0 radical (unpaired) electrons. The Hall–Kier alpha value is -0.290. The zero-order valence-corrected chi connectivity index (χ0v) is 8.45. The maximum absolute atomic E-state index is 12.8. The van der Waals surface area contributed by atoms with Crippen LogP contribution in [0, 0.1) is 0 Å². The molecular weight excluding hydrogens is 195 g/mol. The summed E-state index contributed by atoms with van der Waals surface area (Å²) in [5, 5.41) is 2.56. The molecule has 0 aromatic carbocycles. The van der Waals surface area contributed by atoms with Gasteiger partial charge in [0.25, 0.3) is 0 Å². The van der Waals surface area contributed by atoms with Gasteiger partial charge in [-0.15, -0.1) is 0 Å². The minimum absolute atomic E-state index is 0.00431. The second-order valence-corrected chi connectivity index (χ2v) is 3.75. The first kappa shape index (κ1) is 11.8. The van der Waals surface area contributed by atoms with Crippen LogP contribution in [0.25, 0.3) is 0 Å². The number of halogens is 3. The third kappa shape index (κ3) is 2.20. The zero-order valence-electron chi connectivity index (χ0n) is 8.45. The predicted molar refractivity (Wildman–Crippen MR) is 47.1 cm³/mol. The van der Waals surface area contributed by atoms with E-state index >= 15 is 0 Å². The van der Waals surface area contributed by atoms with E-state index in [2.05, 4.69) is 5.32 Å². The van der Waals surface area contributed by atoms with Crippen LogP contribution in [-0.2, 0) is 4.74 Å². The van der Waals surface area contributed by atoms with Gasteiger partial charge in [-0.2, -0.15) is 13.2 Å². The van der Waals surface area contributed by atoms with E-state index in [1.54, 1.807) is 13.8 Å². The molecule has 0 aliphatic carbocycles. The van der Waals surface area contributed by atoms with Crippen molar-refractivity contribution < 1.29 is 17.9 Å². The summed E-state index contributed by atoms with van der Waals surface area (Å²) in [5.74, 6) is 0. The molecule has 2 atom stereocenters. The Morgan fingerprint density at radius 2 is 2.14 bits per heavy atom. The lowest BCUT2D eigenvalue weighted by atomic mass is 9.86. The van der Waals surface area contributed by atoms with Crippen molar-refractivity contribution in [1.82, 2.24) is 5.32 Å². The molecule has 0 aromatic rings. The molecule has 0 saturated carbocycles. The van der Waals surface area contributed by atoms with E-state index in [1.165, 1.54) is 0 Å². The summed E-state index contributed by atoms with van der Waals surface area (Å²) in [7, 11) is 0. The highest BCUT2D eigenvalue weighted by Gasteiger charge is 2.55. The van der Waals surface area contributed by atoms with Crippen LogP contribution in [-0.4, -0.2) is 31.0 Å². The quantitative estimate of drug-likeness (QED) is 0.755. The molecule has 1 saturated heterocycles. The second kappa shape index (κ2) is 4.06. The summed E-state index contributed by atoms with van der Waals surface area (Å²) in [6, 6.07) is 0. The summed E-state index contributed by atoms with van der Waals surface area (Å²) < 4.78 is 43.7. The van der Waals surface area contributed by atoms with E-state index in [4.69, 9.17) is 4.74 Å². The second-order valence-electron chi connectivity index (χ2n) is 3.75. The van der Waals surface area contributed by atoms with Gasteiger partial charge in [-0.05, 0) is 19.9 Å². The predicted octanol–water partition coefficient (Wildman–Crippen LogP) is 2.10. The summed E-state index contributed by atoms with van der Waals surface area (Å²) in [4.78, 5) is 0. The standard InChI is InChI=1S/C9H16F3NO/c1-3-13-8(9(10,11)12)4-5-14-7(2)6-8/h7,13H,3-6H2,1-2H3. The number of hydrogen-bond acceptors (Lipinski definition) is 2. The molecule has 1 aliphatic heterocycles. The van der Waals surface area contributed by atoms with Crippen LogP contribution in [0.4, 0.5) is 13.2 Å². The molecular formula is C9H16F3NO. The molecule has 0 bridgehead atoms. The van der Waals surface area contributed by atoms with Gasteiger partial charge in [-0.3, -0.25) is 0 Å². The van der Waals surface area contributed by atoms with E-state index in [9.17, 15) is 13.2 Å². The molecule has 0 spiro atoms. The molecule has 1 N–H and O–H groups in total. The fourth-order valence-corrected chi connectivity index (χ4v) is 1.94. The molecule has 1 rings (SSSR count). The molecule has 0 aromatic heterocycles. The van der Waals surface area contributed by atoms with Crippen LogP contribution in [0.15, 0.2) is 0 Å². The van der Waals surface area contributed by atoms with Gasteiger partial charge in [0.2, 0.25) is 0 Å². The van der Waals surface area contributed by atoms with Gasteiger partial charge >= 0.3 is 6.18 Å². The fraction of sp³-hybridized carbons (Fsp3) is 1.00. The third-order valence-corrected chi connectivity index (χ3v) is 2.62. The van der Waals surface area contributed by atoms with Crippen molar-refractivity contribution in [3.63, 3.8) is 0 Å². The van der Waals surface area contributed by atoms with E-state index in [0.29, 0.717) is 6.54 Å². The van der Waals surface area contributed by atoms with Gasteiger partial charge < -0.3 is 10.1 Å². The smallest absolute Gasteiger partial charge is 0.378 e. The summed E-state index contributed by atoms with van der Waals surface area (Å²) >= 11 is 0. The number of hydrogen-bond donors (Lipinski definition) is 1. The molecule has 1 fully saturated rings. The van der Waals surface area contributed by atoms with Gasteiger partial charge in [0.1, 0.15) is 5.54 Å². The minimum atomic E-state index is -4.19. The molecule has 14 heavy (non-hydrogen) atoms. The molecule has 0 amide bonds. The number of rotatable bonds is 2. The molecule has 1 heterocycles. The Labute approximate surface area is 81.8 Å². The largest absolute Gasteiger partial charge is 0.406 e. The monoisotopic (exact) mass is 211 g/mol. The minimum Gasteiger partial charge on any atom is -0.378 e. The highest BCUT2D eigenvalue weighted by atomic mass is 19.4. The van der Waals surface area contributed by atoms with Crippen molar-refractivity contribution in [3.8, 4) is 0 Å². The molecule has 1 aliphatic rings. The summed E-state index contributed by atoms with van der Waals surface area (Å²) in [6.45, 7) is 3.87. The van der Waals surface area contributed by atoms with Gasteiger partial charge in [0.05, 0.1) is 6.10 Å². The molecule has 2 nitrogen and oxygen atoms in total. The van der Waals surface area contributed by atoms with Crippen LogP contribution in [0.3, 0.4) is 0 Å². The van der Waals surface area contributed by atoms with Gasteiger partial charge in [-0.1, -0.05) is 6.92 Å². The highest BCUT2D eigenvalue weighted by molar-refractivity contribution is 4.98. The van der Waals surface area contributed by atoms with Gasteiger partial charge in [0.15, 0.2) is 0 Å². The Kier molecular flexibility index (Phi) is 3.42. The van der Waals surface area contributed by atoms with Crippen molar-refractivity contribution in [2.75, 3.05) is 13.2 Å². The summed E-state index contributed by atoms with van der Waals surface area (Å²) in [5.41, 5.74) is -1.74. The highest BCUT2D eigenvalue weighted by Crippen LogP contribution is 2.39. The Morgan fingerprint density at radius 3 is 2.57 bits per heavy atom. The van der Waals surface area contributed by atoms with Crippen LogP contribution in [0.1, 0.15) is 26.7 Å². The maximum atomic E-state index is 12.8. The first-order valence-electron chi connectivity index (χ1n) is 4.84. The van der Waals surface area contributed by atoms with E-state index in [0.717, 1.165) is 0 Å². The Balaban J connectivity index is 2.80.